The molecule has 0 unspecified atom stereocenters. The van der Waals surface area contributed by atoms with Crippen LogP contribution in [0.15, 0.2) is 52.1 Å². The molecule has 1 N–H and O–H groups in total. The van der Waals surface area contributed by atoms with Gasteiger partial charge in [0.1, 0.15) is 16.6 Å². The zero-order chi connectivity index (χ0) is 15.4. The molecule has 0 aliphatic rings. The predicted octanol–water partition coefficient (Wildman–Crippen LogP) is 2.94. The largest absolute Gasteiger partial charge is 0.467 e. The zero-order valence-corrected chi connectivity index (χ0v) is 12.9. The van der Waals surface area contributed by atoms with Gasteiger partial charge in [-0.1, -0.05) is 30.0 Å². The molecule has 0 bridgehead atoms. The number of nitrogens with one attached hydrogen (secondary N) is 1. The van der Waals surface area contributed by atoms with Crippen molar-refractivity contribution in [3.8, 4) is 0 Å². The smallest absolute Gasteiger partial charge is 0.230 e. The van der Waals surface area contributed by atoms with Gasteiger partial charge in [0.25, 0.3) is 0 Å². The normalized spacial score (nSPS) is 10.8. The van der Waals surface area contributed by atoms with Crippen LogP contribution >= 0.6 is 11.8 Å². The van der Waals surface area contributed by atoms with Crippen LogP contribution in [0.2, 0.25) is 0 Å². The first kappa shape index (κ1) is 14.6. The van der Waals surface area contributed by atoms with Gasteiger partial charge < -0.3 is 9.73 Å². The Hall–Kier alpha value is -2.34. The highest BCUT2D eigenvalue weighted by Gasteiger charge is 2.09. The van der Waals surface area contributed by atoms with Gasteiger partial charge in [-0.3, -0.25) is 4.79 Å². The molecule has 0 radical (unpaired) electrons. The van der Waals surface area contributed by atoms with E-state index in [1.165, 1.54) is 11.8 Å². The minimum absolute atomic E-state index is 0.0539. The van der Waals surface area contributed by atoms with E-state index in [2.05, 4.69) is 15.3 Å². The first-order valence-electron chi connectivity index (χ1n) is 6.87. The van der Waals surface area contributed by atoms with Crippen LogP contribution in [0.1, 0.15) is 11.6 Å². The second kappa shape index (κ2) is 6.62. The average molecular weight is 313 g/mol. The lowest BCUT2D eigenvalue weighted by Crippen LogP contribution is -2.24. The number of aromatic nitrogens is 2. The molecule has 0 saturated carbocycles. The Morgan fingerprint density at radius 1 is 1.23 bits per heavy atom. The Balaban J connectivity index is 1.64. The first-order valence-corrected chi connectivity index (χ1v) is 7.86. The number of carbonyl (C=O) groups excluding carboxylic acids is 1. The molecule has 2 heterocycles. The van der Waals surface area contributed by atoms with E-state index in [1.807, 2.05) is 37.3 Å². The molecule has 1 aromatic carbocycles. The minimum Gasteiger partial charge on any atom is -0.467 e. The van der Waals surface area contributed by atoms with Crippen molar-refractivity contribution in [3.63, 3.8) is 0 Å². The van der Waals surface area contributed by atoms with Crippen LogP contribution < -0.4 is 5.32 Å². The molecular formula is C16H15N3O2S. The molecule has 3 rings (SSSR count). The number of hydrogen-bond acceptors (Lipinski definition) is 5. The lowest BCUT2D eigenvalue weighted by Gasteiger charge is -2.07. The van der Waals surface area contributed by atoms with Crippen LogP contribution in [0.5, 0.6) is 0 Å². The van der Waals surface area contributed by atoms with Crippen molar-refractivity contribution in [2.45, 2.75) is 18.5 Å². The molecule has 2 aromatic heterocycles. The molecule has 5 nitrogen and oxygen atoms in total. The third-order valence-corrected chi connectivity index (χ3v) is 4.05. The van der Waals surface area contributed by atoms with Gasteiger partial charge in [0, 0.05) is 5.39 Å². The van der Waals surface area contributed by atoms with Crippen molar-refractivity contribution < 1.29 is 9.21 Å². The molecule has 0 aliphatic heterocycles. The molecular weight excluding hydrogens is 298 g/mol. The molecule has 0 atom stereocenters. The number of benzene rings is 1. The lowest BCUT2D eigenvalue weighted by atomic mass is 10.2. The van der Waals surface area contributed by atoms with E-state index < -0.39 is 0 Å². The number of carbonyl (C=O) groups is 1. The summed E-state index contributed by atoms with van der Waals surface area (Å²) in [5.41, 5.74) is 0.897. The van der Waals surface area contributed by atoms with Gasteiger partial charge in [0.05, 0.1) is 24.1 Å². The quantitative estimate of drug-likeness (QED) is 0.579. The highest BCUT2D eigenvalue weighted by Crippen LogP contribution is 2.24. The van der Waals surface area contributed by atoms with Crippen molar-refractivity contribution in [1.82, 2.24) is 15.3 Å². The van der Waals surface area contributed by atoms with Crippen LogP contribution in [0.3, 0.4) is 0 Å². The van der Waals surface area contributed by atoms with E-state index in [0.717, 1.165) is 21.7 Å². The standard InChI is InChI=1S/C16H15N3O2S/c1-11-18-14-7-3-2-6-13(14)16(19-11)22-10-15(20)17-9-12-5-4-8-21-12/h2-8H,9-10H2,1H3,(H,17,20). The highest BCUT2D eigenvalue weighted by atomic mass is 32.2. The summed E-state index contributed by atoms with van der Waals surface area (Å²) in [6, 6.07) is 11.4. The van der Waals surface area contributed by atoms with Gasteiger partial charge in [-0.25, -0.2) is 9.97 Å². The third kappa shape index (κ3) is 3.46. The van der Waals surface area contributed by atoms with Gasteiger partial charge in [0.2, 0.25) is 5.91 Å². The van der Waals surface area contributed by atoms with Crippen molar-refractivity contribution in [2.24, 2.45) is 0 Å². The monoisotopic (exact) mass is 313 g/mol. The number of thioether (sulfide) groups is 1. The molecule has 3 aromatic rings. The molecule has 6 heteroatoms. The number of furan rings is 1. The Morgan fingerprint density at radius 2 is 2.09 bits per heavy atom. The molecule has 1 amide bonds. The highest BCUT2D eigenvalue weighted by molar-refractivity contribution is 8.00. The summed E-state index contributed by atoms with van der Waals surface area (Å²) in [6.45, 7) is 2.25. The van der Waals surface area contributed by atoms with Crippen LogP contribution in [-0.4, -0.2) is 21.6 Å². The number of hydrogen-bond donors (Lipinski definition) is 1. The van der Waals surface area contributed by atoms with E-state index in [4.69, 9.17) is 4.42 Å². The van der Waals surface area contributed by atoms with E-state index in [0.29, 0.717) is 18.1 Å². The Kier molecular flexibility index (Phi) is 4.39. The van der Waals surface area contributed by atoms with Gasteiger partial charge in [0.15, 0.2) is 0 Å². The van der Waals surface area contributed by atoms with E-state index in [1.54, 1.807) is 12.3 Å². The Labute approximate surface area is 132 Å². The van der Waals surface area contributed by atoms with Gasteiger partial charge >= 0.3 is 0 Å². The van der Waals surface area contributed by atoms with Crippen molar-refractivity contribution in [3.05, 3.63) is 54.2 Å². The van der Waals surface area contributed by atoms with Crippen LogP contribution in [-0.2, 0) is 11.3 Å². The van der Waals surface area contributed by atoms with Crippen molar-refractivity contribution in [2.75, 3.05) is 5.75 Å². The third-order valence-electron chi connectivity index (χ3n) is 3.06. The van der Waals surface area contributed by atoms with Crippen LogP contribution in [0.4, 0.5) is 0 Å². The number of para-hydroxylation sites is 1. The maximum atomic E-state index is 11.9. The lowest BCUT2D eigenvalue weighted by molar-refractivity contribution is -0.118. The maximum absolute atomic E-state index is 11.9. The van der Waals surface area contributed by atoms with E-state index >= 15 is 0 Å². The number of aryl methyl sites for hydroxylation is 1. The van der Waals surface area contributed by atoms with Gasteiger partial charge in [-0.2, -0.15) is 0 Å². The zero-order valence-electron chi connectivity index (χ0n) is 12.1. The summed E-state index contributed by atoms with van der Waals surface area (Å²) in [4.78, 5) is 20.7. The van der Waals surface area contributed by atoms with Gasteiger partial charge in [-0.05, 0) is 25.1 Å². The molecule has 112 valence electrons. The maximum Gasteiger partial charge on any atom is 0.230 e. The fraction of sp³-hybridized carbons (Fsp3) is 0.188. The molecule has 0 saturated heterocycles. The number of amides is 1. The summed E-state index contributed by atoms with van der Waals surface area (Å²) in [5, 5.41) is 4.62. The van der Waals surface area contributed by atoms with Gasteiger partial charge in [-0.15, -0.1) is 0 Å². The topological polar surface area (TPSA) is 68.0 Å². The number of rotatable bonds is 5. The second-order valence-electron chi connectivity index (χ2n) is 4.74. The second-order valence-corrected chi connectivity index (χ2v) is 5.70. The summed E-state index contributed by atoms with van der Waals surface area (Å²) in [7, 11) is 0. The SMILES string of the molecule is Cc1nc(SCC(=O)NCc2ccco2)c2ccccc2n1. The van der Waals surface area contributed by atoms with Crippen molar-refractivity contribution >= 4 is 28.6 Å². The molecule has 22 heavy (non-hydrogen) atoms. The fourth-order valence-corrected chi connectivity index (χ4v) is 2.95. The molecule has 0 fully saturated rings. The predicted molar refractivity (Wildman–Crippen MR) is 85.6 cm³/mol. The summed E-state index contributed by atoms with van der Waals surface area (Å²) in [6.07, 6.45) is 1.59. The Morgan fingerprint density at radius 3 is 2.91 bits per heavy atom. The van der Waals surface area contributed by atoms with Crippen molar-refractivity contribution in [1.29, 1.82) is 0 Å². The number of fused-ring (bicyclic) bond motifs is 1. The van der Waals surface area contributed by atoms with E-state index in [-0.39, 0.29) is 5.91 Å². The average Bonchev–Trinajstić information content (AvgIpc) is 3.04. The minimum atomic E-state index is -0.0539. The van der Waals surface area contributed by atoms with Crippen LogP contribution in [0.25, 0.3) is 10.9 Å². The summed E-state index contributed by atoms with van der Waals surface area (Å²) in [5.74, 6) is 1.70. The molecule has 0 aliphatic carbocycles. The summed E-state index contributed by atoms with van der Waals surface area (Å²) < 4.78 is 5.18. The van der Waals surface area contributed by atoms with Crippen LogP contribution in [0, 0.1) is 6.92 Å². The fourth-order valence-electron chi connectivity index (χ4n) is 2.05. The first-order chi connectivity index (χ1) is 10.7. The summed E-state index contributed by atoms with van der Waals surface area (Å²) >= 11 is 1.42. The Bertz CT molecular complexity index is 787. The molecule has 0 spiro atoms. The van der Waals surface area contributed by atoms with E-state index in [9.17, 15) is 4.79 Å². The number of nitrogens with zero attached hydrogens (tertiary/aromatic N) is 2.